The van der Waals surface area contributed by atoms with Crippen LogP contribution in [0.25, 0.3) is 22.3 Å². The van der Waals surface area contributed by atoms with Crippen LogP contribution in [0.15, 0.2) is 41.8 Å². The van der Waals surface area contributed by atoms with E-state index in [0.717, 1.165) is 12.8 Å². The second kappa shape index (κ2) is 17.0. The van der Waals surface area contributed by atoms with Gasteiger partial charge in [-0.05, 0) is 71.4 Å². The van der Waals surface area contributed by atoms with Crippen LogP contribution >= 0.6 is 11.3 Å². The molecule has 4 heterocycles. The zero-order valence-corrected chi connectivity index (χ0v) is 35.9. The van der Waals surface area contributed by atoms with Crippen molar-refractivity contribution in [1.29, 1.82) is 0 Å². The monoisotopic (exact) mass is 865 g/mol. The Labute approximate surface area is 352 Å². The lowest BCUT2D eigenvalue weighted by Gasteiger charge is -2.30. The number of ether oxygens (including phenoxy) is 3. The Hall–Kier alpha value is -5.30. The number of nitrogens with zero attached hydrogens (tertiary/aromatic N) is 3. The topological polar surface area (TPSA) is 224 Å². The van der Waals surface area contributed by atoms with Crippen molar-refractivity contribution < 1.29 is 46.6 Å². The summed E-state index contributed by atoms with van der Waals surface area (Å²) >= 11 is 1.23. The summed E-state index contributed by atoms with van der Waals surface area (Å²) in [6.07, 6.45) is 6.36. The molecule has 4 aliphatic rings. The SMILES string of the molecule is COc1ccc2c(O[C@@H]3C[C@H]4C(=O)N[C@]5(C(=O)NS(=O)(=O)C6CC6)C[C@H]5/C=C\CCCCC[C@H](NC(=O)OC(C)(C)C)C(=O)N4C3)cc(-c3csc(NC(C)=O)n3)nc2c1. The van der Waals surface area contributed by atoms with Gasteiger partial charge in [0.05, 0.1) is 30.1 Å². The molecule has 1 aromatic carbocycles. The number of amides is 5. The maximum atomic E-state index is 14.7. The predicted octanol–water partition coefficient (Wildman–Crippen LogP) is 4.57. The van der Waals surface area contributed by atoms with Crippen LogP contribution in [0.2, 0.25) is 0 Å². The third-order valence-electron chi connectivity index (χ3n) is 10.9. The van der Waals surface area contributed by atoms with Crippen LogP contribution in [0.5, 0.6) is 11.5 Å². The van der Waals surface area contributed by atoms with Gasteiger partial charge in [-0.2, -0.15) is 0 Å². The molecule has 0 unspecified atom stereocenters. The van der Waals surface area contributed by atoms with Crippen molar-refractivity contribution in [3.05, 3.63) is 41.8 Å². The van der Waals surface area contributed by atoms with E-state index in [1.165, 1.54) is 30.3 Å². The first-order chi connectivity index (χ1) is 28.4. The molecule has 5 amide bonds. The number of methoxy groups -OCH3 is 1. The highest BCUT2D eigenvalue weighted by Crippen LogP contribution is 2.46. The fourth-order valence-corrected chi connectivity index (χ4v) is 9.72. The highest BCUT2D eigenvalue weighted by Gasteiger charge is 2.62. The number of aromatic nitrogens is 2. The van der Waals surface area contributed by atoms with Crippen molar-refractivity contribution in [3.63, 3.8) is 0 Å². The maximum Gasteiger partial charge on any atom is 0.408 e. The number of allylic oxidation sites excluding steroid dienone is 1. The second-order valence-electron chi connectivity index (χ2n) is 16.8. The summed E-state index contributed by atoms with van der Waals surface area (Å²) in [4.78, 5) is 78.6. The summed E-state index contributed by atoms with van der Waals surface area (Å²) in [6, 6.07) is 4.77. The first-order valence-electron chi connectivity index (χ1n) is 20.2. The van der Waals surface area contributed by atoms with E-state index in [2.05, 4.69) is 25.7 Å². The molecule has 3 aromatic rings. The quantitative estimate of drug-likeness (QED) is 0.217. The Morgan fingerprint density at radius 1 is 1.03 bits per heavy atom. The fraction of sp³-hybridized carbons (Fsp3) is 0.537. The van der Waals surface area contributed by atoms with Crippen LogP contribution < -0.4 is 30.1 Å². The second-order valence-corrected chi connectivity index (χ2v) is 19.6. The van der Waals surface area contributed by atoms with Gasteiger partial charge in [0.25, 0.3) is 5.91 Å². The van der Waals surface area contributed by atoms with Crippen molar-refractivity contribution in [3.8, 4) is 22.9 Å². The molecule has 322 valence electrons. The van der Waals surface area contributed by atoms with Gasteiger partial charge < -0.3 is 35.1 Å². The van der Waals surface area contributed by atoms with Crippen LogP contribution in [0.4, 0.5) is 9.93 Å². The number of nitrogens with one attached hydrogen (secondary N) is 4. The number of carbonyl (C=O) groups is 5. The highest BCUT2D eigenvalue weighted by atomic mass is 32.2. The van der Waals surface area contributed by atoms with Gasteiger partial charge in [0.1, 0.15) is 46.5 Å². The van der Waals surface area contributed by atoms with E-state index in [9.17, 15) is 32.4 Å². The summed E-state index contributed by atoms with van der Waals surface area (Å²) < 4.78 is 45.8. The van der Waals surface area contributed by atoms with Crippen molar-refractivity contribution in [2.75, 3.05) is 19.0 Å². The minimum atomic E-state index is -3.93. The molecule has 0 bridgehead atoms. The lowest BCUT2D eigenvalue weighted by molar-refractivity contribution is -0.141. The van der Waals surface area contributed by atoms with Crippen LogP contribution in [0.1, 0.15) is 85.5 Å². The van der Waals surface area contributed by atoms with Gasteiger partial charge in [-0.15, -0.1) is 11.3 Å². The third kappa shape index (κ3) is 9.83. The maximum absolute atomic E-state index is 14.7. The van der Waals surface area contributed by atoms with E-state index >= 15 is 0 Å². The Kier molecular flexibility index (Phi) is 12.1. The summed E-state index contributed by atoms with van der Waals surface area (Å²) in [5.41, 5.74) is -0.957. The predicted molar refractivity (Wildman–Crippen MR) is 223 cm³/mol. The standard InChI is InChI=1S/C41H51N7O10S2/c1-23(49)42-38-44-32(22-59-38)31-19-34(28-16-13-25(56-5)17-30(28)43-31)57-26-18-33-35(50)46-41(37(52)47-60(54,55)27-14-15-27)20-24(41)11-9-7-6-8-10-12-29(36(51)48(33)21-26)45-39(53)58-40(2,3)4/h9,11,13,16-17,19,22,24,26-27,29,33H,6-8,10,12,14-15,18,20-21H2,1-5H3,(H,45,53)(H,46,50)(H,47,52)(H,42,44,49)/b11-9-/t24-,26-,29+,33+,41-/m1/s1. The molecule has 2 saturated carbocycles. The van der Waals surface area contributed by atoms with Gasteiger partial charge in [0, 0.05) is 42.2 Å². The smallest absolute Gasteiger partial charge is 0.408 e. The largest absolute Gasteiger partial charge is 0.497 e. The van der Waals surface area contributed by atoms with E-state index in [1.54, 1.807) is 50.4 Å². The van der Waals surface area contributed by atoms with E-state index < -0.39 is 74.3 Å². The lowest BCUT2D eigenvalue weighted by atomic mass is 10.0. The van der Waals surface area contributed by atoms with E-state index in [0.29, 0.717) is 64.6 Å². The van der Waals surface area contributed by atoms with E-state index in [4.69, 9.17) is 19.2 Å². The Morgan fingerprint density at radius 3 is 2.53 bits per heavy atom. The number of alkyl carbamates (subject to hydrolysis) is 1. The van der Waals surface area contributed by atoms with Crippen molar-refractivity contribution in [1.82, 2.24) is 30.2 Å². The normalized spacial score (nSPS) is 25.4. The highest BCUT2D eigenvalue weighted by molar-refractivity contribution is 7.91. The number of carbonyl (C=O) groups excluding carboxylic acids is 5. The summed E-state index contributed by atoms with van der Waals surface area (Å²) in [6.45, 7) is 6.47. The summed E-state index contributed by atoms with van der Waals surface area (Å²) in [5, 5.41) is 10.4. The van der Waals surface area contributed by atoms with Gasteiger partial charge in [-0.25, -0.2) is 23.2 Å². The minimum Gasteiger partial charge on any atom is -0.497 e. The number of fused-ring (bicyclic) bond motifs is 3. The average Bonchev–Trinajstić information content (AvgIpc) is 4.06. The van der Waals surface area contributed by atoms with Crippen LogP contribution in [-0.4, -0.2) is 101 Å². The first kappa shape index (κ1) is 42.8. The molecule has 4 N–H and O–H groups in total. The Bertz CT molecular complexity index is 2320. The van der Waals surface area contributed by atoms with Crippen molar-refractivity contribution in [2.24, 2.45) is 5.92 Å². The van der Waals surface area contributed by atoms with Gasteiger partial charge >= 0.3 is 6.09 Å². The number of benzene rings is 1. The zero-order valence-electron chi connectivity index (χ0n) is 34.2. The molecule has 2 aromatic heterocycles. The molecule has 60 heavy (non-hydrogen) atoms. The number of rotatable bonds is 9. The minimum absolute atomic E-state index is 0.00596. The number of hydrogen-bond acceptors (Lipinski definition) is 13. The van der Waals surface area contributed by atoms with Crippen LogP contribution in [-0.2, 0) is 33.9 Å². The van der Waals surface area contributed by atoms with Crippen LogP contribution in [0.3, 0.4) is 0 Å². The van der Waals surface area contributed by atoms with Crippen molar-refractivity contribution >= 4 is 67.1 Å². The van der Waals surface area contributed by atoms with Crippen molar-refractivity contribution in [2.45, 2.75) is 120 Å². The molecule has 3 fully saturated rings. The van der Waals surface area contributed by atoms with Gasteiger partial charge in [0.15, 0.2) is 5.13 Å². The third-order valence-corrected chi connectivity index (χ3v) is 13.4. The molecular formula is C41H51N7O10S2. The van der Waals surface area contributed by atoms with Crippen LogP contribution in [0, 0.1) is 5.92 Å². The molecule has 2 aliphatic carbocycles. The number of pyridine rings is 1. The molecule has 1 saturated heterocycles. The Morgan fingerprint density at radius 2 is 1.82 bits per heavy atom. The number of anilines is 1. The molecule has 17 nitrogen and oxygen atoms in total. The van der Waals surface area contributed by atoms with Gasteiger partial charge in [-0.3, -0.25) is 23.9 Å². The van der Waals surface area contributed by atoms with E-state index in [-0.39, 0.29) is 31.7 Å². The number of sulfonamides is 1. The average molecular weight is 866 g/mol. The number of thiazole rings is 1. The molecule has 19 heteroatoms. The van der Waals surface area contributed by atoms with E-state index in [1.807, 2.05) is 12.2 Å². The Balaban J connectivity index is 1.23. The molecule has 7 rings (SSSR count). The molecule has 2 aliphatic heterocycles. The number of hydrogen-bond donors (Lipinski definition) is 4. The summed E-state index contributed by atoms with van der Waals surface area (Å²) in [5.74, 6) is -1.81. The molecule has 5 atom stereocenters. The zero-order chi connectivity index (χ0) is 43.0. The molecule has 0 spiro atoms. The van der Waals surface area contributed by atoms with Gasteiger partial charge in [0.2, 0.25) is 27.7 Å². The molecular weight excluding hydrogens is 815 g/mol. The molecule has 0 radical (unpaired) electrons. The lowest BCUT2D eigenvalue weighted by Crippen LogP contribution is -2.58. The summed E-state index contributed by atoms with van der Waals surface area (Å²) in [7, 11) is -2.39. The first-order valence-corrected chi connectivity index (χ1v) is 22.6. The van der Waals surface area contributed by atoms with Gasteiger partial charge in [-0.1, -0.05) is 25.0 Å². The fourth-order valence-electron chi connectivity index (χ4n) is 7.61.